The number of aryl methyl sites for hydroxylation is 1. The molecule has 0 bridgehead atoms. The largest absolute Gasteiger partial charge is 0.306 e. The van der Waals surface area contributed by atoms with E-state index in [0.29, 0.717) is 5.69 Å². The van der Waals surface area contributed by atoms with Gasteiger partial charge in [0.2, 0.25) is 5.78 Å². The maximum atomic E-state index is 13.2. The third-order valence-corrected chi connectivity index (χ3v) is 4.36. The number of carbonyl (C=O) groups excluding carboxylic acids is 1. The number of hydrogen-bond donors (Lipinski definition) is 0. The molecule has 0 atom stereocenters. The lowest BCUT2D eigenvalue weighted by molar-refractivity contribution is 0.103. The molecule has 2 aromatic carbocycles. The Morgan fingerprint density at radius 3 is 2.79 bits per heavy atom. The first-order valence-electron chi connectivity index (χ1n) is 8.26. The van der Waals surface area contributed by atoms with Crippen LogP contribution in [0.25, 0.3) is 16.3 Å². The molecule has 0 spiro atoms. The van der Waals surface area contributed by atoms with Gasteiger partial charge in [0, 0.05) is 11.8 Å². The van der Waals surface area contributed by atoms with Crippen molar-refractivity contribution >= 4 is 22.1 Å². The van der Waals surface area contributed by atoms with E-state index in [2.05, 4.69) is 24.0 Å². The predicted octanol–water partition coefficient (Wildman–Crippen LogP) is 4.67. The summed E-state index contributed by atoms with van der Waals surface area (Å²) in [5.41, 5.74) is 3.28. The molecule has 24 heavy (non-hydrogen) atoms. The maximum absolute atomic E-state index is 13.2. The second kappa shape index (κ2) is 5.93. The third kappa shape index (κ3) is 2.38. The molecular formula is C21H18N2O. The van der Waals surface area contributed by atoms with E-state index in [4.69, 9.17) is 0 Å². The lowest BCUT2D eigenvalue weighted by atomic mass is 9.95. The summed E-state index contributed by atoms with van der Waals surface area (Å²) in [5, 5.41) is 2.09. The quantitative estimate of drug-likeness (QED) is 0.513. The molecule has 0 aliphatic carbocycles. The van der Waals surface area contributed by atoms with Crippen molar-refractivity contribution in [2.75, 3.05) is 0 Å². The van der Waals surface area contributed by atoms with Gasteiger partial charge in [-0.2, -0.15) is 0 Å². The number of aromatic nitrogens is 2. The fraction of sp³-hybridized carbons (Fsp3) is 0.143. The number of pyridine rings is 1. The van der Waals surface area contributed by atoms with Crippen molar-refractivity contribution in [3.05, 3.63) is 83.9 Å². The normalized spacial score (nSPS) is 11.2. The molecule has 4 aromatic rings. The van der Waals surface area contributed by atoms with Gasteiger partial charge in [0.15, 0.2) is 0 Å². The topological polar surface area (TPSA) is 34.4 Å². The number of rotatable bonds is 4. The SMILES string of the molecule is CCCc1cc(C(=O)c2ncn3ccccc23)c2ccccc2c1. The van der Waals surface area contributed by atoms with E-state index >= 15 is 0 Å². The van der Waals surface area contributed by atoms with Crippen molar-refractivity contribution in [2.24, 2.45) is 0 Å². The summed E-state index contributed by atoms with van der Waals surface area (Å²) in [6.07, 6.45) is 5.62. The molecule has 4 rings (SSSR count). The van der Waals surface area contributed by atoms with Crippen LogP contribution in [-0.2, 0) is 6.42 Å². The van der Waals surface area contributed by atoms with Crippen molar-refractivity contribution in [2.45, 2.75) is 19.8 Å². The second-order valence-corrected chi connectivity index (χ2v) is 6.03. The highest BCUT2D eigenvalue weighted by atomic mass is 16.1. The van der Waals surface area contributed by atoms with E-state index in [1.165, 1.54) is 5.56 Å². The molecule has 0 aliphatic heterocycles. The number of imidazole rings is 1. The number of fused-ring (bicyclic) bond motifs is 2. The van der Waals surface area contributed by atoms with E-state index in [9.17, 15) is 4.79 Å². The van der Waals surface area contributed by atoms with Crippen LogP contribution < -0.4 is 0 Å². The first kappa shape index (κ1) is 14.6. The summed E-state index contributed by atoms with van der Waals surface area (Å²) in [6.45, 7) is 2.15. The van der Waals surface area contributed by atoms with Gasteiger partial charge in [-0.05, 0) is 41.0 Å². The molecule has 0 amide bonds. The Bertz CT molecular complexity index is 1050. The van der Waals surface area contributed by atoms with Crippen LogP contribution in [0.5, 0.6) is 0 Å². The minimum absolute atomic E-state index is 0.0159. The Morgan fingerprint density at radius 1 is 1.08 bits per heavy atom. The van der Waals surface area contributed by atoms with Gasteiger partial charge >= 0.3 is 0 Å². The van der Waals surface area contributed by atoms with Crippen molar-refractivity contribution < 1.29 is 4.79 Å². The van der Waals surface area contributed by atoms with Crippen LogP contribution in [0.2, 0.25) is 0 Å². The Kier molecular flexibility index (Phi) is 3.62. The van der Waals surface area contributed by atoms with E-state index in [1.807, 2.05) is 53.1 Å². The Hall–Kier alpha value is -2.94. The molecule has 0 fully saturated rings. The highest BCUT2D eigenvalue weighted by Crippen LogP contribution is 2.25. The van der Waals surface area contributed by atoms with Crippen LogP contribution in [-0.4, -0.2) is 15.2 Å². The van der Waals surface area contributed by atoms with Crippen LogP contribution >= 0.6 is 0 Å². The summed E-state index contributed by atoms with van der Waals surface area (Å²) in [7, 11) is 0. The minimum atomic E-state index is -0.0159. The van der Waals surface area contributed by atoms with Crippen LogP contribution in [0, 0.1) is 0 Å². The molecule has 0 N–H and O–H groups in total. The molecule has 118 valence electrons. The standard InChI is InChI=1S/C21H18N2O/c1-2-7-15-12-16-8-3-4-9-17(16)18(13-15)21(24)20-19-10-5-6-11-23(19)14-22-20/h3-6,8-14H,2,7H2,1H3. The Morgan fingerprint density at radius 2 is 1.92 bits per heavy atom. The molecule has 0 saturated carbocycles. The average Bonchev–Trinajstić information content (AvgIpc) is 3.05. The Balaban J connectivity index is 1.93. The lowest BCUT2D eigenvalue weighted by Gasteiger charge is -2.09. The van der Waals surface area contributed by atoms with Gasteiger partial charge in [0.05, 0.1) is 5.52 Å². The number of carbonyl (C=O) groups is 1. The molecule has 3 heteroatoms. The zero-order chi connectivity index (χ0) is 16.5. The lowest BCUT2D eigenvalue weighted by Crippen LogP contribution is -2.05. The first-order valence-corrected chi connectivity index (χ1v) is 8.26. The summed E-state index contributed by atoms with van der Waals surface area (Å²) >= 11 is 0. The summed E-state index contributed by atoms with van der Waals surface area (Å²) in [5.74, 6) is -0.0159. The van der Waals surface area contributed by atoms with Gasteiger partial charge in [-0.15, -0.1) is 0 Å². The fourth-order valence-corrected chi connectivity index (χ4v) is 3.24. The molecule has 0 unspecified atom stereocenters. The number of nitrogens with zero attached hydrogens (tertiary/aromatic N) is 2. The highest BCUT2D eigenvalue weighted by Gasteiger charge is 2.18. The van der Waals surface area contributed by atoms with E-state index < -0.39 is 0 Å². The molecule has 2 aromatic heterocycles. The minimum Gasteiger partial charge on any atom is -0.306 e. The van der Waals surface area contributed by atoms with E-state index in [-0.39, 0.29) is 5.78 Å². The molecule has 0 aliphatic rings. The average molecular weight is 314 g/mol. The van der Waals surface area contributed by atoms with Crippen LogP contribution in [0.4, 0.5) is 0 Å². The molecular weight excluding hydrogens is 296 g/mol. The van der Waals surface area contributed by atoms with Gasteiger partial charge in [0.1, 0.15) is 12.0 Å². The van der Waals surface area contributed by atoms with Crippen molar-refractivity contribution in [1.82, 2.24) is 9.38 Å². The fourth-order valence-electron chi connectivity index (χ4n) is 3.24. The monoisotopic (exact) mass is 314 g/mol. The van der Waals surface area contributed by atoms with E-state index in [1.54, 1.807) is 6.33 Å². The molecule has 0 saturated heterocycles. The van der Waals surface area contributed by atoms with Gasteiger partial charge in [0.25, 0.3) is 0 Å². The number of ketones is 1. The summed E-state index contributed by atoms with van der Waals surface area (Å²) in [4.78, 5) is 17.6. The van der Waals surface area contributed by atoms with Gasteiger partial charge in [-0.1, -0.05) is 49.7 Å². The highest BCUT2D eigenvalue weighted by molar-refractivity contribution is 6.18. The molecule has 0 radical (unpaired) electrons. The van der Waals surface area contributed by atoms with Gasteiger partial charge in [-0.3, -0.25) is 4.79 Å². The zero-order valence-electron chi connectivity index (χ0n) is 13.6. The summed E-state index contributed by atoms with van der Waals surface area (Å²) in [6, 6.07) is 18.1. The maximum Gasteiger partial charge on any atom is 0.214 e. The zero-order valence-corrected chi connectivity index (χ0v) is 13.6. The third-order valence-electron chi connectivity index (χ3n) is 4.36. The smallest absolute Gasteiger partial charge is 0.214 e. The van der Waals surface area contributed by atoms with Crippen molar-refractivity contribution in [3.8, 4) is 0 Å². The van der Waals surface area contributed by atoms with Crippen LogP contribution in [0.3, 0.4) is 0 Å². The first-order chi connectivity index (χ1) is 11.8. The van der Waals surface area contributed by atoms with Gasteiger partial charge in [-0.25, -0.2) is 4.98 Å². The predicted molar refractivity (Wildman–Crippen MR) is 96.6 cm³/mol. The van der Waals surface area contributed by atoms with E-state index in [0.717, 1.165) is 34.7 Å². The van der Waals surface area contributed by atoms with Gasteiger partial charge < -0.3 is 4.40 Å². The number of hydrogen-bond acceptors (Lipinski definition) is 2. The van der Waals surface area contributed by atoms with Crippen molar-refractivity contribution in [3.63, 3.8) is 0 Å². The van der Waals surface area contributed by atoms with Crippen LogP contribution in [0.15, 0.2) is 67.1 Å². The number of benzene rings is 2. The molecule has 2 heterocycles. The van der Waals surface area contributed by atoms with Crippen LogP contribution in [0.1, 0.15) is 35.0 Å². The Labute approximate surface area is 140 Å². The second-order valence-electron chi connectivity index (χ2n) is 6.03. The summed E-state index contributed by atoms with van der Waals surface area (Å²) < 4.78 is 1.88. The van der Waals surface area contributed by atoms with Crippen molar-refractivity contribution in [1.29, 1.82) is 0 Å². The molecule has 3 nitrogen and oxygen atoms in total.